The van der Waals surface area contributed by atoms with Crippen LogP contribution >= 0.6 is 11.6 Å². The van der Waals surface area contributed by atoms with Gasteiger partial charge < -0.3 is 9.84 Å². The van der Waals surface area contributed by atoms with E-state index in [1.165, 1.54) is 43.3 Å². The molecule has 0 aliphatic carbocycles. The number of rotatable bonds is 3. The first-order chi connectivity index (χ1) is 9.00. The van der Waals surface area contributed by atoms with Gasteiger partial charge in [0.2, 0.25) is 0 Å². The monoisotopic (exact) mass is 284 g/mol. The molecule has 0 bridgehead atoms. The Labute approximate surface area is 114 Å². The SMILES string of the molecule is C[C@@H](O)c1c(F)cccc1Oc1cccc(Cl)c1F. The van der Waals surface area contributed by atoms with Gasteiger partial charge in [-0.3, -0.25) is 0 Å². The highest BCUT2D eigenvalue weighted by atomic mass is 35.5. The highest BCUT2D eigenvalue weighted by Gasteiger charge is 2.17. The van der Waals surface area contributed by atoms with Crippen LogP contribution in [-0.4, -0.2) is 5.11 Å². The predicted octanol–water partition coefficient (Wildman–Crippen LogP) is 4.46. The van der Waals surface area contributed by atoms with Crippen molar-refractivity contribution in [3.63, 3.8) is 0 Å². The smallest absolute Gasteiger partial charge is 0.184 e. The van der Waals surface area contributed by atoms with Crippen molar-refractivity contribution in [2.24, 2.45) is 0 Å². The van der Waals surface area contributed by atoms with E-state index in [1.54, 1.807) is 0 Å². The van der Waals surface area contributed by atoms with E-state index < -0.39 is 17.7 Å². The topological polar surface area (TPSA) is 29.5 Å². The molecule has 0 aromatic heterocycles. The van der Waals surface area contributed by atoms with Gasteiger partial charge in [0.05, 0.1) is 16.7 Å². The van der Waals surface area contributed by atoms with E-state index in [-0.39, 0.29) is 22.1 Å². The van der Waals surface area contributed by atoms with Gasteiger partial charge in [-0.25, -0.2) is 8.78 Å². The Kier molecular flexibility index (Phi) is 4.02. The molecule has 0 radical (unpaired) electrons. The van der Waals surface area contributed by atoms with Crippen LogP contribution in [0.1, 0.15) is 18.6 Å². The van der Waals surface area contributed by atoms with Crippen molar-refractivity contribution in [3.05, 3.63) is 58.6 Å². The summed E-state index contributed by atoms with van der Waals surface area (Å²) in [6.07, 6.45) is -1.07. The van der Waals surface area contributed by atoms with Gasteiger partial charge in [0.1, 0.15) is 11.6 Å². The molecule has 100 valence electrons. The summed E-state index contributed by atoms with van der Waals surface area (Å²) in [6, 6.07) is 8.33. The maximum Gasteiger partial charge on any atom is 0.184 e. The Bertz CT molecular complexity index is 600. The molecule has 0 unspecified atom stereocenters. The lowest BCUT2D eigenvalue weighted by Gasteiger charge is -2.14. The maximum atomic E-state index is 13.7. The van der Waals surface area contributed by atoms with E-state index in [1.807, 2.05) is 0 Å². The van der Waals surface area contributed by atoms with Gasteiger partial charge in [-0.1, -0.05) is 23.7 Å². The van der Waals surface area contributed by atoms with Crippen LogP contribution in [0.15, 0.2) is 36.4 Å². The van der Waals surface area contributed by atoms with Crippen LogP contribution in [0.5, 0.6) is 11.5 Å². The minimum Gasteiger partial charge on any atom is -0.454 e. The number of ether oxygens (including phenoxy) is 1. The maximum absolute atomic E-state index is 13.7. The Morgan fingerprint density at radius 1 is 1.11 bits per heavy atom. The fourth-order valence-corrected chi connectivity index (χ4v) is 1.86. The second-order valence-corrected chi connectivity index (χ2v) is 4.39. The van der Waals surface area contributed by atoms with E-state index >= 15 is 0 Å². The fraction of sp³-hybridized carbons (Fsp3) is 0.143. The molecule has 19 heavy (non-hydrogen) atoms. The predicted molar refractivity (Wildman–Crippen MR) is 68.5 cm³/mol. The molecule has 0 amide bonds. The van der Waals surface area contributed by atoms with Crippen molar-refractivity contribution in [1.82, 2.24) is 0 Å². The number of aliphatic hydroxyl groups excluding tert-OH is 1. The van der Waals surface area contributed by atoms with Crippen LogP contribution in [-0.2, 0) is 0 Å². The molecule has 0 heterocycles. The minimum absolute atomic E-state index is 0.0260. The van der Waals surface area contributed by atoms with Crippen molar-refractivity contribution in [3.8, 4) is 11.5 Å². The van der Waals surface area contributed by atoms with Crippen molar-refractivity contribution in [2.45, 2.75) is 13.0 Å². The number of hydrogen-bond donors (Lipinski definition) is 1. The average molecular weight is 285 g/mol. The molecule has 0 aliphatic rings. The Balaban J connectivity index is 2.44. The van der Waals surface area contributed by atoms with Crippen LogP contribution in [0.3, 0.4) is 0 Å². The van der Waals surface area contributed by atoms with Crippen LogP contribution in [0, 0.1) is 11.6 Å². The standard InChI is InChI=1S/C14H11ClF2O2/c1-8(18)13-10(16)5-3-6-11(13)19-12-7-2-4-9(15)14(12)17/h2-8,18H,1H3/t8-/m1/s1. The van der Waals surface area contributed by atoms with Gasteiger partial charge in [0.15, 0.2) is 11.6 Å². The van der Waals surface area contributed by atoms with Crippen molar-refractivity contribution in [2.75, 3.05) is 0 Å². The lowest BCUT2D eigenvalue weighted by molar-refractivity contribution is 0.190. The third-order valence-corrected chi connectivity index (χ3v) is 2.86. The van der Waals surface area contributed by atoms with Gasteiger partial charge in [-0.15, -0.1) is 0 Å². The first kappa shape index (κ1) is 13.8. The zero-order valence-corrected chi connectivity index (χ0v) is 10.8. The molecule has 2 nitrogen and oxygen atoms in total. The molecule has 2 aromatic carbocycles. The van der Waals surface area contributed by atoms with Gasteiger partial charge in [-0.2, -0.15) is 0 Å². The molecule has 1 atom stereocenters. The largest absolute Gasteiger partial charge is 0.454 e. The summed E-state index contributed by atoms with van der Waals surface area (Å²) in [5.41, 5.74) is -0.0260. The molecule has 0 fully saturated rings. The summed E-state index contributed by atoms with van der Waals surface area (Å²) in [7, 11) is 0. The first-order valence-electron chi connectivity index (χ1n) is 5.59. The summed E-state index contributed by atoms with van der Waals surface area (Å²) in [4.78, 5) is 0. The van der Waals surface area contributed by atoms with E-state index in [0.717, 1.165) is 0 Å². The van der Waals surface area contributed by atoms with Gasteiger partial charge in [0.25, 0.3) is 0 Å². The second kappa shape index (κ2) is 5.55. The minimum atomic E-state index is -1.07. The molecule has 1 N–H and O–H groups in total. The van der Waals surface area contributed by atoms with E-state index in [2.05, 4.69) is 0 Å². The highest BCUT2D eigenvalue weighted by Crippen LogP contribution is 2.34. The lowest BCUT2D eigenvalue weighted by Crippen LogP contribution is -2.00. The van der Waals surface area contributed by atoms with Crippen molar-refractivity contribution >= 4 is 11.6 Å². The average Bonchev–Trinajstić information content (AvgIpc) is 2.34. The molecule has 0 saturated heterocycles. The quantitative estimate of drug-likeness (QED) is 0.901. The molecule has 2 rings (SSSR count). The van der Waals surface area contributed by atoms with E-state index in [0.29, 0.717) is 0 Å². The second-order valence-electron chi connectivity index (χ2n) is 3.98. The van der Waals surface area contributed by atoms with Crippen LogP contribution < -0.4 is 4.74 Å². The zero-order valence-electron chi connectivity index (χ0n) is 10.0. The summed E-state index contributed by atoms with van der Waals surface area (Å²) in [5.74, 6) is -1.42. The fourth-order valence-electron chi connectivity index (χ4n) is 1.69. The first-order valence-corrected chi connectivity index (χ1v) is 5.97. The summed E-state index contributed by atoms with van der Waals surface area (Å²) in [5, 5.41) is 9.46. The summed E-state index contributed by atoms with van der Waals surface area (Å²) < 4.78 is 32.6. The molecule has 5 heteroatoms. The zero-order chi connectivity index (χ0) is 14.0. The Hall–Kier alpha value is -1.65. The van der Waals surface area contributed by atoms with E-state index in [9.17, 15) is 13.9 Å². The molecule has 0 spiro atoms. The molecular formula is C14H11ClF2O2. The van der Waals surface area contributed by atoms with Crippen LogP contribution in [0.4, 0.5) is 8.78 Å². The van der Waals surface area contributed by atoms with Gasteiger partial charge >= 0.3 is 0 Å². The Morgan fingerprint density at radius 3 is 2.42 bits per heavy atom. The third kappa shape index (κ3) is 2.85. The third-order valence-electron chi connectivity index (χ3n) is 2.57. The Morgan fingerprint density at radius 2 is 1.74 bits per heavy atom. The van der Waals surface area contributed by atoms with Gasteiger partial charge in [-0.05, 0) is 31.2 Å². The molecule has 2 aromatic rings. The van der Waals surface area contributed by atoms with Crippen LogP contribution in [0.25, 0.3) is 0 Å². The molecule has 0 aliphatic heterocycles. The molecular weight excluding hydrogens is 274 g/mol. The number of benzene rings is 2. The number of halogens is 3. The number of hydrogen-bond acceptors (Lipinski definition) is 2. The van der Waals surface area contributed by atoms with E-state index in [4.69, 9.17) is 16.3 Å². The van der Waals surface area contributed by atoms with Crippen molar-refractivity contribution in [1.29, 1.82) is 0 Å². The number of aliphatic hydroxyl groups is 1. The highest BCUT2D eigenvalue weighted by molar-refractivity contribution is 6.30. The molecule has 0 saturated carbocycles. The van der Waals surface area contributed by atoms with Crippen molar-refractivity contribution < 1.29 is 18.6 Å². The summed E-state index contributed by atoms with van der Waals surface area (Å²) in [6.45, 7) is 1.40. The summed E-state index contributed by atoms with van der Waals surface area (Å²) >= 11 is 5.64. The van der Waals surface area contributed by atoms with Crippen LogP contribution in [0.2, 0.25) is 5.02 Å². The normalized spacial score (nSPS) is 12.3. The van der Waals surface area contributed by atoms with Gasteiger partial charge in [0, 0.05) is 0 Å². The lowest BCUT2D eigenvalue weighted by atomic mass is 10.1.